The highest BCUT2D eigenvalue weighted by Gasteiger charge is 2.21. The van der Waals surface area contributed by atoms with Crippen molar-refractivity contribution in [3.63, 3.8) is 0 Å². The number of nitrogens with one attached hydrogen (secondary N) is 2. The Morgan fingerprint density at radius 1 is 1.45 bits per heavy atom. The second kappa shape index (κ2) is 6.89. The van der Waals surface area contributed by atoms with E-state index in [1.807, 2.05) is 0 Å². The summed E-state index contributed by atoms with van der Waals surface area (Å²) in [6.45, 7) is 0.200. The van der Waals surface area contributed by atoms with Gasteiger partial charge in [0.1, 0.15) is 17.6 Å². The quantitative estimate of drug-likeness (QED) is 0.725. The highest BCUT2D eigenvalue weighted by molar-refractivity contribution is 9.10. The minimum absolute atomic E-state index is 0.0932. The number of ether oxygens (including phenoxy) is 1. The molecule has 1 aromatic heterocycles. The van der Waals surface area contributed by atoms with E-state index in [0.717, 1.165) is 0 Å². The summed E-state index contributed by atoms with van der Waals surface area (Å²) in [7, 11) is 1.44. The molecule has 2 rings (SSSR count). The first-order valence-electron chi connectivity index (χ1n) is 6.42. The van der Waals surface area contributed by atoms with Gasteiger partial charge in [-0.2, -0.15) is 0 Å². The molecule has 6 nitrogen and oxygen atoms in total. The normalized spacial score (nSPS) is 12.3. The van der Waals surface area contributed by atoms with Crippen LogP contribution in [0.25, 0.3) is 10.9 Å². The van der Waals surface area contributed by atoms with Crippen molar-refractivity contribution in [2.24, 2.45) is 0 Å². The largest absolute Gasteiger partial charge is 0.480 e. The van der Waals surface area contributed by atoms with Gasteiger partial charge >= 0.3 is 5.97 Å². The third kappa shape index (κ3) is 3.63. The molecule has 0 saturated heterocycles. The maximum atomic E-state index is 13.8. The van der Waals surface area contributed by atoms with E-state index in [-0.39, 0.29) is 24.1 Å². The number of halogens is 2. The average Bonchev–Trinajstić information content (AvgIpc) is 2.87. The molecule has 22 heavy (non-hydrogen) atoms. The van der Waals surface area contributed by atoms with Gasteiger partial charge in [0.2, 0.25) is 0 Å². The lowest BCUT2D eigenvalue weighted by atomic mass is 10.2. The second-order valence-corrected chi connectivity index (χ2v) is 5.59. The van der Waals surface area contributed by atoms with Crippen LogP contribution < -0.4 is 5.32 Å². The van der Waals surface area contributed by atoms with E-state index in [4.69, 9.17) is 9.84 Å². The van der Waals surface area contributed by atoms with Crippen LogP contribution in [0.3, 0.4) is 0 Å². The summed E-state index contributed by atoms with van der Waals surface area (Å²) >= 11 is 3.17. The highest BCUT2D eigenvalue weighted by atomic mass is 79.9. The first-order chi connectivity index (χ1) is 10.4. The number of methoxy groups -OCH3 is 1. The number of aromatic nitrogens is 1. The van der Waals surface area contributed by atoms with Gasteiger partial charge in [-0.3, -0.25) is 4.79 Å². The number of aromatic amines is 1. The van der Waals surface area contributed by atoms with Crippen LogP contribution in [0.1, 0.15) is 16.9 Å². The molecule has 8 heteroatoms. The number of rotatable bonds is 6. The summed E-state index contributed by atoms with van der Waals surface area (Å²) in [6, 6.07) is 3.20. The molecule has 118 valence electrons. The van der Waals surface area contributed by atoms with Gasteiger partial charge in [-0.1, -0.05) is 15.9 Å². The van der Waals surface area contributed by atoms with Crippen LogP contribution in [0.4, 0.5) is 4.39 Å². The van der Waals surface area contributed by atoms with Crippen LogP contribution >= 0.6 is 15.9 Å². The molecule has 0 aliphatic carbocycles. The fourth-order valence-electron chi connectivity index (χ4n) is 2.01. The lowest BCUT2D eigenvalue weighted by molar-refractivity contribution is -0.139. The molecule has 0 spiro atoms. The minimum atomic E-state index is -1.16. The first-order valence-corrected chi connectivity index (χ1v) is 7.22. The fraction of sp³-hybridized carbons (Fsp3) is 0.286. The molecule has 3 N–H and O–H groups in total. The molecule has 0 saturated carbocycles. The van der Waals surface area contributed by atoms with E-state index in [1.165, 1.54) is 19.2 Å². The number of carboxylic acids is 1. The number of carbonyl (C=O) groups is 2. The summed E-state index contributed by atoms with van der Waals surface area (Å²) in [6.07, 6.45) is 0.137. The Hall–Kier alpha value is -1.93. The van der Waals surface area contributed by atoms with Crippen molar-refractivity contribution in [1.29, 1.82) is 0 Å². The molecule has 1 atom stereocenters. The number of fused-ring (bicyclic) bond motifs is 1. The van der Waals surface area contributed by atoms with Crippen molar-refractivity contribution in [3.05, 3.63) is 34.2 Å². The van der Waals surface area contributed by atoms with Crippen molar-refractivity contribution < 1.29 is 23.8 Å². The first kappa shape index (κ1) is 16.4. The number of carbonyl (C=O) groups excluding carboxylic acids is 1. The fourth-order valence-corrected chi connectivity index (χ4v) is 2.44. The number of amides is 1. The monoisotopic (exact) mass is 372 g/mol. The SMILES string of the molecule is COCCC(NC(=O)c1cc2c(F)cc(Br)cc2[nH]1)C(=O)O. The van der Waals surface area contributed by atoms with Crippen LogP contribution in [0.2, 0.25) is 0 Å². The van der Waals surface area contributed by atoms with Crippen LogP contribution in [0.5, 0.6) is 0 Å². The third-order valence-corrected chi connectivity index (χ3v) is 3.57. The molecule has 1 amide bonds. The molecule has 0 fully saturated rings. The average molecular weight is 373 g/mol. The highest BCUT2D eigenvalue weighted by Crippen LogP contribution is 2.24. The number of hydrogen-bond acceptors (Lipinski definition) is 3. The Morgan fingerprint density at radius 3 is 2.82 bits per heavy atom. The van der Waals surface area contributed by atoms with Gasteiger partial charge in [-0.15, -0.1) is 0 Å². The Labute approximate surface area is 133 Å². The van der Waals surface area contributed by atoms with E-state index in [9.17, 15) is 14.0 Å². The number of carboxylic acid groups (broad SMARTS) is 1. The molecule has 0 radical (unpaired) electrons. The summed E-state index contributed by atoms with van der Waals surface area (Å²) < 4.78 is 19.1. The molecule has 0 aliphatic rings. The minimum Gasteiger partial charge on any atom is -0.480 e. The number of benzene rings is 1. The smallest absolute Gasteiger partial charge is 0.326 e. The Morgan fingerprint density at radius 2 is 2.18 bits per heavy atom. The van der Waals surface area contributed by atoms with Crippen molar-refractivity contribution in [1.82, 2.24) is 10.3 Å². The topological polar surface area (TPSA) is 91.4 Å². The van der Waals surface area contributed by atoms with E-state index in [1.54, 1.807) is 6.07 Å². The zero-order chi connectivity index (χ0) is 16.3. The summed E-state index contributed by atoms with van der Waals surface area (Å²) in [5, 5.41) is 11.7. The van der Waals surface area contributed by atoms with Crippen molar-refractivity contribution in [3.8, 4) is 0 Å². The van der Waals surface area contributed by atoms with Gasteiger partial charge < -0.3 is 20.1 Å². The molecule has 0 aliphatic heterocycles. The summed E-state index contributed by atoms with van der Waals surface area (Å²) in [5.74, 6) is -2.25. The molecule has 0 bridgehead atoms. The van der Waals surface area contributed by atoms with Gasteiger partial charge in [0.15, 0.2) is 0 Å². The van der Waals surface area contributed by atoms with E-state index in [0.29, 0.717) is 9.99 Å². The molecular weight excluding hydrogens is 359 g/mol. The third-order valence-electron chi connectivity index (χ3n) is 3.11. The van der Waals surface area contributed by atoms with E-state index in [2.05, 4.69) is 26.2 Å². The molecule has 2 aromatic rings. The maximum absolute atomic E-state index is 13.8. The van der Waals surface area contributed by atoms with Gasteiger partial charge in [-0.05, 0) is 18.2 Å². The van der Waals surface area contributed by atoms with Gasteiger partial charge in [-0.25, -0.2) is 9.18 Å². The molecule has 1 aromatic carbocycles. The Balaban J connectivity index is 2.21. The standard InChI is InChI=1S/C14H14BrFN2O4/c1-22-3-2-10(14(20)21)18-13(19)12-6-8-9(16)4-7(15)5-11(8)17-12/h4-6,10,17H,2-3H2,1H3,(H,18,19)(H,20,21). The van der Waals surface area contributed by atoms with Crippen LogP contribution in [-0.2, 0) is 9.53 Å². The van der Waals surface area contributed by atoms with E-state index < -0.39 is 23.7 Å². The lowest BCUT2D eigenvalue weighted by Crippen LogP contribution is -2.41. The van der Waals surface area contributed by atoms with E-state index >= 15 is 0 Å². The zero-order valence-corrected chi connectivity index (χ0v) is 13.2. The number of H-pyrrole nitrogens is 1. The second-order valence-electron chi connectivity index (χ2n) is 4.68. The molecule has 1 unspecified atom stereocenters. The molecular formula is C14H14BrFN2O4. The Kier molecular flexibility index (Phi) is 5.15. The Bertz CT molecular complexity index is 716. The van der Waals surface area contributed by atoms with Crippen LogP contribution in [0.15, 0.2) is 22.7 Å². The van der Waals surface area contributed by atoms with Crippen molar-refractivity contribution in [2.45, 2.75) is 12.5 Å². The van der Waals surface area contributed by atoms with Crippen molar-refractivity contribution in [2.75, 3.05) is 13.7 Å². The van der Waals surface area contributed by atoms with Gasteiger partial charge in [0.05, 0.1) is 5.52 Å². The predicted octanol–water partition coefficient (Wildman–Crippen LogP) is 2.29. The van der Waals surface area contributed by atoms with Gasteiger partial charge in [0, 0.05) is 30.0 Å². The van der Waals surface area contributed by atoms with Crippen molar-refractivity contribution >= 4 is 38.7 Å². The summed E-state index contributed by atoms with van der Waals surface area (Å²) in [4.78, 5) is 26.0. The number of aliphatic carboxylic acids is 1. The zero-order valence-electron chi connectivity index (χ0n) is 11.7. The summed E-state index contributed by atoms with van der Waals surface area (Å²) in [5.41, 5.74) is 0.538. The molecule has 1 heterocycles. The predicted molar refractivity (Wildman–Crippen MR) is 81.3 cm³/mol. The lowest BCUT2D eigenvalue weighted by Gasteiger charge is -2.13. The number of hydrogen-bond donors (Lipinski definition) is 3. The van der Waals surface area contributed by atoms with Gasteiger partial charge in [0.25, 0.3) is 5.91 Å². The maximum Gasteiger partial charge on any atom is 0.326 e. The van der Waals surface area contributed by atoms with Crippen LogP contribution in [0, 0.1) is 5.82 Å². The van der Waals surface area contributed by atoms with Crippen LogP contribution in [-0.4, -0.2) is 41.7 Å².